The number of aliphatic hydroxyl groups is 1. The van der Waals surface area contributed by atoms with Crippen LogP contribution in [0.4, 0.5) is 0 Å². The van der Waals surface area contributed by atoms with E-state index in [-0.39, 0.29) is 18.3 Å². The largest absolute Gasteiger partial charge is 0.483 e. The molecule has 1 aromatic carbocycles. The van der Waals surface area contributed by atoms with Crippen LogP contribution in [0.3, 0.4) is 0 Å². The first-order valence-electron chi connectivity index (χ1n) is 11.0. The van der Waals surface area contributed by atoms with Crippen LogP contribution < -0.4 is 0 Å². The van der Waals surface area contributed by atoms with Crippen LogP contribution in [-0.2, 0) is 16.1 Å². The molecule has 0 saturated carbocycles. The molecule has 1 unspecified atom stereocenters. The molecule has 0 radical (unpaired) electrons. The monoisotopic (exact) mass is 431 g/mol. The maximum Gasteiger partial charge on any atom is 0.290 e. The molecule has 2 N–H and O–H groups in total. The fraction of sp³-hybridized carbons (Fsp3) is 0.609. The average Bonchev–Trinajstić information content (AvgIpc) is 3.26. The van der Waals surface area contributed by atoms with Crippen LogP contribution in [0.25, 0.3) is 0 Å². The van der Waals surface area contributed by atoms with Crippen LogP contribution in [0.1, 0.15) is 48.0 Å². The number of carboxylic acid groups (broad SMARTS) is 1. The maximum absolute atomic E-state index is 12.9. The van der Waals surface area contributed by atoms with Crippen molar-refractivity contribution in [1.82, 2.24) is 14.7 Å². The Bertz CT molecular complexity index is 768. The van der Waals surface area contributed by atoms with Gasteiger partial charge in [0.2, 0.25) is 5.91 Å². The Balaban J connectivity index is 0.000000858. The smallest absolute Gasteiger partial charge is 0.290 e. The van der Waals surface area contributed by atoms with Gasteiger partial charge in [-0.05, 0) is 62.9 Å². The molecule has 1 atom stereocenters. The molecule has 0 aliphatic carbocycles. The number of benzene rings is 1. The molecule has 8 nitrogen and oxygen atoms in total. The summed E-state index contributed by atoms with van der Waals surface area (Å²) in [6.07, 6.45) is 3.87. The van der Waals surface area contributed by atoms with E-state index in [1.165, 1.54) is 31.5 Å². The number of likely N-dealkylation sites (tertiary alicyclic amines) is 3. The summed E-state index contributed by atoms with van der Waals surface area (Å²) < 4.78 is 0. The van der Waals surface area contributed by atoms with Crippen LogP contribution in [-0.4, -0.2) is 89.1 Å². The fourth-order valence-electron chi connectivity index (χ4n) is 5.10. The Morgan fingerprint density at radius 2 is 1.71 bits per heavy atom. The first kappa shape index (κ1) is 23.2. The topological polar surface area (TPSA) is 101 Å². The van der Waals surface area contributed by atoms with Gasteiger partial charge in [-0.3, -0.25) is 19.3 Å². The molecule has 2 amide bonds. The minimum absolute atomic E-state index is 0.0414. The van der Waals surface area contributed by atoms with E-state index in [1.54, 1.807) is 11.9 Å². The lowest BCUT2D eigenvalue weighted by Gasteiger charge is -2.47. The minimum Gasteiger partial charge on any atom is -0.483 e. The van der Waals surface area contributed by atoms with Gasteiger partial charge in [-0.15, -0.1) is 0 Å². The molecule has 3 aliphatic heterocycles. The molecule has 3 heterocycles. The highest BCUT2D eigenvalue weighted by Gasteiger charge is 2.47. The number of likely N-dealkylation sites (N-methyl/N-ethyl adjacent to an activating group) is 1. The van der Waals surface area contributed by atoms with Crippen molar-refractivity contribution in [3.63, 3.8) is 0 Å². The van der Waals surface area contributed by atoms with Gasteiger partial charge in [0.05, 0.1) is 11.5 Å². The van der Waals surface area contributed by atoms with Gasteiger partial charge in [-0.1, -0.05) is 12.1 Å². The second-order valence-electron chi connectivity index (χ2n) is 8.90. The zero-order valence-corrected chi connectivity index (χ0v) is 18.2. The molecule has 170 valence electrons. The van der Waals surface area contributed by atoms with Gasteiger partial charge in [0.1, 0.15) is 0 Å². The molecule has 1 spiro atoms. The molecule has 8 heteroatoms. The predicted molar refractivity (Wildman–Crippen MR) is 115 cm³/mol. The zero-order valence-electron chi connectivity index (χ0n) is 18.2. The number of piperidine rings is 2. The Hall–Kier alpha value is -2.45. The summed E-state index contributed by atoms with van der Waals surface area (Å²) in [7, 11) is 1.76. The average molecular weight is 432 g/mol. The van der Waals surface area contributed by atoms with Gasteiger partial charge in [0.15, 0.2) is 0 Å². The van der Waals surface area contributed by atoms with Crippen molar-refractivity contribution in [2.24, 2.45) is 5.41 Å². The first-order chi connectivity index (χ1) is 14.9. The van der Waals surface area contributed by atoms with E-state index in [0.29, 0.717) is 44.5 Å². The Labute approximate surface area is 183 Å². The maximum atomic E-state index is 12.9. The summed E-state index contributed by atoms with van der Waals surface area (Å²) in [6.45, 7) is 4.59. The minimum atomic E-state index is -0.497. The van der Waals surface area contributed by atoms with E-state index >= 15 is 0 Å². The molecule has 4 rings (SSSR count). The summed E-state index contributed by atoms with van der Waals surface area (Å²) in [5.74, 6) is 0.163. The molecule has 0 aromatic heterocycles. The highest BCUT2D eigenvalue weighted by atomic mass is 16.3. The SMILES string of the molecule is CN1CC(O)CC2(CCN(C(=O)c3ccc(CN4CCCC4)cc3)CC2)C1=O.O=CO. The number of hydrogen-bond donors (Lipinski definition) is 2. The number of rotatable bonds is 3. The molecular weight excluding hydrogens is 398 g/mol. The van der Waals surface area contributed by atoms with E-state index in [4.69, 9.17) is 9.90 Å². The molecule has 3 fully saturated rings. The molecule has 1 aromatic rings. The van der Waals surface area contributed by atoms with Crippen molar-refractivity contribution in [2.45, 2.75) is 44.8 Å². The van der Waals surface area contributed by atoms with Crippen molar-refractivity contribution >= 4 is 18.3 Å². The first-order valence-corrected chi connectivity index (χ1v) is 11.0. The summed E-state index contributed by atoms with van der Waals surface area (Å²) in [5, 5.41) is 17.0. The lowest BCUT2D eigenvalue weighted by molar-refractivity contribution is -0.154. The highest BCUT2D eigenvalue weighted by Crippen LogP contribution is 2.40. The predicted octanol–water partition coefficient (Wildman–Crippen LogP) is 1.43. The van der Waals surface area contributed by atoms with Gasteiger partial charge in [0.25, 0.3) is 12.4 Å². The standard InChI is InChI=1S/C22H31N3O3.CH2O2/c1-23-16-19(26)14-22(21(23)28)8-12-25(13-9-22)20(27)18-6-4-17(5-7-18)15-24-10-2-3-11-24;2-1-3/h4-7,19,26H,2-3,8-16H2,1H3;1H,(H,2,3). The van der Waals surface area contributed by atoms with Crippen molar-refractivity contribution < 1.29 is 24.6 Å². The van der Waals surface area contributed by atoms with E-state index < -0.39 is 11.5 Å². The quantitative estimate of drug-likeness (QED) is 0.702. The molecule has 31 heavy (non-hydrogen) atoms. The Morgan fingerprint density at radius 1 is 1.13 bits per heavy atom. The normalized spacial score (nSPS) is 23.4. The van der Waals surface area contributed by atoms with Gasteiger partial charge in [0, 0.05) is 38.8 Å². The number of β-amino-alcohol motifs (C(OH)–C–C–N with tert-alkyl or cyclic N) is 1. The molecule has 3 saturated heterocycles. The third-order valence-corrected chi connectivity index (χ3v) is 6.72. The number of nitrogens with zero attached hydrogens (tertiary/aromatic N) is 3. The van der Waals surface area contributed by atoms with Gasteiger partial charge in [-0.25, -0.2) is 0 Å². The van der Waals surface area contributed by atoms with E-state index in [9.17, 15) is 14.7 Å². The zero-order chi connectivity index (χ0) is 22.4. The van der Waals surface area contributed by atoms with Crippen LogP contribution >= 0.6 is 0 Å². The number of carbonyl (C=O) groups excluding carboxylic acids is 2. The van der Waals surface area contributed by atoms with Crippen molar-refractivity contribution in [1.29, 1.82) is 0 Å². The second-order valence-corrected chi connectivity index (χ2v) is 8.90. The van der Waals surface area contributed by atoms with Crippen molar-refractivity contribution in [3.8, 4) is 0 Å². The fourth-order valence-corrected chi connectivity index (χ4v) is 5.10. The van der Waals surface area contributed by atoms with E-state index in [1.807, 2.05) is 17.0 Å². The van der Waals surface area contributed by atoms with Gasteiger partial charge < -0.3 is 20.0 Å². The lowest BCUT2D eigenvalue weighted by atomic mass is 9.71. The molecule has 3 aliphatic rings. The van der Waals surface area contributed by atoms with Crippen LogP contribution in [0.5, 0.6) is 0 Å². The number of aliphatic hydroxyl groups excluding tert-OH is 1. The Kier molecular flexibility index (Phi) is 7.67. The number of carbonyl (C=O) groups is 3. The van der Waals surface area contributed by atoms with Crippen LogP contribution in [0.15, 0.2) is 24.3 Å². The number of hydrogen-bond acceptors (Lipinski definition) is 5. The van der Waals surface area contributed by atoms with Gasteiger partial charge in [-0.2, -0.15) is 0 Å². The number of amides is 2. The van der Waals surface area contributed by atoms with Crippen LogP contribution in [0.2, 0.25) is 0 Å². The van der Waals surface area contributed by atoms with Crippen LogP contribution in [0, 0.1) is 5.41 Å². The van der Waals surface area contributed by atoms with Crippen molar-refractivity contribution in [2.75, 3.05) is 39.8 Å². The third kappa shape index (κ3) is 5.43. The van der Waals surface area contributed by atoms with Gasteiger partial charge >= 0.3 is 0 Å². The summed E-state index contributed by atoms with van der Waals surface area (Å²) in [5.41, 5.74) is 1.47. The summed E-state index contributed by atoms with van der Waals surface area (Å²) >= 11 is 0. The van der Waals surface area contributed by atoms with E-state index in [2.05, 4.69) is 17.0 Å². The Morgan fingerprint density at radius 3 is 2.29 bits per heavy atom. The summed E-state index contributed by atoms with van der Waals surface area (Å²) in [6, 6.07) is 7.99. The highest BCUT2D eigenvalue weighted by molar-refractivity contribution is 5.94. The second kappa shape index (κ2) is 10.2. The molecular formula is C23H33N3O5. The third-order valence-electron chi connectivity index (χ3n) is 6.72. The molecule has 0 bridgehead atoms. The van der Waals surface area contributed by atoms with E-state index in [0.717, 1.165) is 6.54 Å². The lowest BCUT2D eigenvalue weighted by Crippen LogP contribution is -2.56. The van der Waals surface area contributed by atoms with Crippen molar-refractivity contribution in [3.05, 3.63) is 35.4 Å². The summed E-state index contributed by atoms with van der Waals surface area (Å²) in [4.78, 5) is 39.9.